The Bertz CT molecular complexity index is 747. The minimum absolute atomic E-state index is 0.0723. The van der Waals surface area contributed by atoms with Crippen LogP contribution in [-0.2, 0) is 0 Å². The Kier molecular flexibility index (Phi) is 3.13. The van der Waals surface area contributed by atoms with Gasteiger partial charge in [0.05, 0.1) is 11.9 Å². The number of carbonyl (C=O) groups is 1. The molecule has 0 spiro atoms. The molecule has 0 saturated heterocycles. The molecule has 20 heavy (non-hydrogen) atoms. The maximum absolute atomic E-state index is 12.6. The van der Waals surface area contributed by atoms with Gasteiger partial charge in [-0.2, -0.15) is 5.10 Å². The van der Waals surface area contributed by atoms with E-state index in [1.165, 1.54) is 0 Å². The van der Waals surface area contributed by atoms with Crippen molar-refractivity contribution in [1.29, 1.82) is 0 Å². The average molecular weight is 263 g/mol. The highest BCUT2D eigenvalue weighted by Gasteiger charge is 2.17. The molecule has 98 valence electrons. The highest BCUT2D eigenvalue weighted by molar-refractivity contribution is 6.08. The summed E-state index contributed by atoms with van der Waals surface area (Å²) in [6.45, 7) is 1.83. The monoisotopic (exact) mass is 263 g/mol. The van der Waals surface area contributed by atoms with Crippen LogP contribution in [0.15, 0.2) is 60.9 Å². The second kappa shape index (κ2) is 5.09. The van der Waals surface area contributed by atoms with Crippen LogP contribution in [-0.4, -0.2) is 20.5 Å². The van der Waals surface area contributed by atoms with Crippen molar-refractivity contribution in [3.8, 4) is 5.69 Å². The van der Waals surface area contributed by atoms with E-state index in [1.807, 2.05) is 37.3 Å². The van der Waals surface area contributed by atoms with E-state index in [2.05, 4.69) is 10.1 Å². The second-order valence-electron chi connectivity index (χ2n) is 4.43. The zero-order valence-electron chi connectivity index (χ0n) is 11.0. The number of benzene rings is 1. The van der Waals surface area contributed by atoms with E-state index in [0.717, 1.165) is 11.4 Å². The predicted octanol–water partition coefficient (Wildman–Crippen LogP) is 2.81. The summed E-state index contributed by atoms with van der Waals surface area (Å²) in [5, 5.41) is 4.24. The third-order valence-corrected chi connectivity index (χ3v) is 3.13. The first-order chi connectivity index (χ1) is 9.77. The number of hydrogen-bond acceptors (Lipinski definition) is 3. The molecule has 0 fully saturated rings. The van der Waals surface area contributed by atoms with Gasteiger partial charge in [-0.25, -0.2) is 4.68 Å². The van der Waals surface area contributed by atoms with Crippen LogP contribution in [0.3, 0.4) is 0 Å². The van der Waals surface area contributed by atoms with Gasteiger partial charge < -0.3 is 0 Å². The van der Waals surface area contributed by atoms with Crippen molar-refractivity contribution in [3.63, 3.8) is 0 Å². The fourth-order valence-electron chi connectivity index (χ4n) is 2.11. The molecule has 1 aromatic carbocycles. The van der Waals surface area contributed by atoms with Crippen LogP contribution in [0, 0.1) is 6.92 Å². The van der Waals surface area contributed by atoms with E-state index in [0.29, 0.717) is 11.3 Å². The first-order valence-electron chi connectivity index (χ1n) is 6.33. The summed E-state index contributed by atoms with van der Waals surface area (Å²) in [5.41, 5.74) is 2.72. The molecule has 0 saturated carbocycles. The molecule has 2 aromatic heterocycles. The lowest BCUT2D eigenvalue weighted by Crippen LogP contribution is -2.11. The summed E-state index contributed by atoms with van der Waals surface area (Å²) < 4.78 is 1.65. The van der Waals surface area contributed by atoms with E-state index in [9.17, 15) is 4.79 Å². The number of aromatic nitrogens is 3. The van der Waals surface area contributed by atoms with Crippen LogP contribution in [0.5, 0.6) is 0 Å². The van der Waals surface area contributed by atoms with Crippen LogP contribution >= 0.6 is 0 Å². The van der Waals surface area contributed by atoms with Crippen molar-refractivity contribution in [3.05, 3.63) is 77.9 Å². The fourth-order valence-corrected chi connectivity index (χ4v) is 2.11. The minimum Gasteiger partial charge on any atom is -0.287 e. The Balaban J connectivity index is 2.07. The van der Waals surface area contributed by atoms with Gasteiger partial charge in [-0.05, 0) is 37.3 Å². The SMILES string of the molecule is Cc1ncccc1C(=O)c1ccnn1-c1ccccc1. The highest BCUT2D eigenvalue weighted by Crippen LogP contribution is 2.15. The van der Waals surface area contributed by atoms with E-state index < -0.39 is 0 Å². The Morgan fingerprint density at radius 1 is 1.00 bits per heavy atom. The van der Waals surface area contributed by atoms with Crippen molar-refractivity contribution in [2.45, 2.75) is 6.92 Å². The zero-order chi connectivity index (χ0) is 13.9. The van der Waals surface area contributed by atoms with E-state index in [4.69, 9.17) is 0 Å². The molecule has 0 amide bonds. The summed E-state index contributed by atoms with van der Waals surface area (Å²) in [6.07, 6.45) is 3.31. The third-order valence-electron chi connectivity index (χ3n) is 3.13. The van der Waals surface area contributed by atoms with Gasteiger partial charge in [0.1, 0.15) is 5.69 Å². The first-order valence-corrected chi connectivity index (χ1v) is 6.33. The summed E-state index contributed by atoms with van der Waals surface area (Å²) in [4.78, 5) is 16.8. The number of nitrogens with zero attached hydrogens (tertiary/aromatic N) is 3. The van der Waals surface area contributed by atoms with Crippen LogP contribution < -0.4 is 0 Å². The number of carbonyl (C=O) groups excluding carboxylic acids is 1. The van der Waals surface area contributed by atoms with Crippen LogP contribution in [0.2, 0.25) is 0 Å². The van der Waals surface area contributed by atoms with Crippen LogP contribution in [0.1, 0.15) is 21.7 Å². The Labute approximate surface area is 116 Å². The van der Waals surface area contributed by atoms with Crippen molar-refractivity contribution in [2.75, 3.05) is 0 Å². The quantitative estimate of drug-likeness (QED) is 0.683. The molecule has 2 heterocycles. The molecular weight excluding hydrogens is 250 g/mol. The maximum atomic E-state index is 12.6. The molecule has 0 unspecified atom stereocenters. The topological polar surface area (TPSA) is 47.8 Å². The number of aryl methyl sites for hydroxylation is 1. The largest absolute Gasteiger partial charge is 0.287 e. The molecule has 3 aromatic rings. The fraction of sp³-hybridized carbons (Fsp3) is 0.0625. The summed E-state index contributed by atoms with van der Waals surface area (Å²) in [5.74, 6) is -0.0723. The maximum Gasteiger partial charge on any atom is 0.213 e. The summed E-state index contributed by atoms with van der Waals surface area (Å²) >= 11 is 0. The Hall–Kier alpha value is -2.75. The normalized spacial score (nSPS) is 10.4. The van der Waals surface area contributed by atoms with Gasteiger partial charge in [0.25, 0.3) is 0 Å². The first kappa shape index (κ1) is 12.3. The molecule has 3 rings (SSSR count). The van der Waals surface area contributed by atoms with Gasteiger partial charge >= 0.3 is 0 Å². The van der Waals surface area contributed by atoms with E-state index in [-0.39, 0.29) is 5.78 Å². The van der Waals surface area contributed by atoms with Crippen LogP contribution in [0.25, 0.3) is 5.69 Å². The van der Waals surface area contributed by atoms with Gasteiger partial charge in [0, 0.05) is 17.5 Å². The molecule has 0 bridgehead atoms. The highest BCUT2D eigenvalue weighted by atomic mass is 16.1. The lowest BCUT2D eigenvalue weighted by molar-refractivity contribution is 0.103. The number of para-hydroxylation sites is 1. The van der Waals surface area contributed by atoms with Crippen molar-refractivity contribution in [1.82, 2.24) is 14.8 Å². The predicted molar refractivity (Wildman–Crippen MR) is 76.0 cm³/mol. The number of ketones is 1. The molecular formula is C16H13N3O. The van der Waals surface area contributed by atoms with Crippen LogP contribution in [0.4, 0.5) is 0 Å². The summed E-state index contributed by atoms with van der Waals surface area (Å²) in [6, 6.07) is 14.9. The number of rotatable bonds is 3. The second-order valence-corrected chi connectivity index (χ2v) is 4.43. The molecule has 0 aliphatic rings. The smallest absolute Gasteiger partial charge is 0.213 e. The Morgan fingerprint density at radius 2 is 1.80 bits per heavy atom. The standard InChI is InChI=1S/C16H13N3O/c1-12-14(8-5-10-17-12)16(20)15-9-11-18-19(15)13-6-3-2-4-7-13/h2-11H,1H3. The van der Waals surface area contributed by atoms with Crippen molar-refractivity contribution >= 4 is 5.78 Å². The van der Waals surface area contributed by atoms with E-state index >= 15 is 0 Å². The van der Waals surface area contributed by atoms with Gasteiger partial charge in [-0.15, -0.1) is 0 Å². The molecule has 4 nitrogen and oxygen atoms in total. The molecule has 4 heteroatoms. The number of pyridine rings is 1. The zero-order valence-corrected chi connectivity index (χ0v) is 11.0. The minimum atomic E-state index is -0.0723. The van der Waals surface area contributed by atoms with Gasteiger partial charge in [0.2, 0.25) is 5.78 Å². The summed E-state index contributed by atoms with van der Waals surface area (Å²) in [7, 11) is 0. The van der Waals surface area contributed by atoms with E-state index in [1.54, 1.807) is 35.3 Å². The molecule has 0 radical (unpaired) electrons. The number of hydrogen-bond donors (Lipinski definition) is 0. The van der Waals surface area contributed by atoms with Crippen molar-refractivity contribution in [2.24, 2.45) is 0 Å². The van der Waals surface area contributed by atoms with Crippen molar-refractivity contribution < 1.29 is 4.79 Å². The Morgan fingerprint density at radius 3 is 2.55 bits per heavy atom. The van der Waals surface area contributed by atoms with Gasteiger partial charge in [-0.1, -0.05) is 18.2 Å². The average Bonchev–Trinajstić information content (AvgIpc) is 2.97. The lowest BCUT2D eigenvalue weighted by atomic mass is 10.1. The molecule has 0 atom stereocenters. The van der Waals surface area contributed by atoms with Gasteiger partial charge in [-0.3, -0.25) is 9.78 Å². The molecule has 0 aliphatic carbocycles. The molecule has 0 aliphatic heterocycles. The molecule has 0 N–H and O–H groups in total. The lowest BCUT2D eigenvalue weighted by Gasteiger charge is -2.07. The third kappa shape index (κ3) is 2.12. The van der Waals surface area contributed by atoms with Gasteiger partial charge in [0.15, 0.2) is 0 Å².